The number of nitrogens with zero attached hydrogens (tertiary/aromatic N) is 2. The van der Waals surface area contributed by atoms with Crippen molar-refractivity contribution in [1.29, 1.82) is 0 Å². The Kier molecular flexibility index (Phi) is 7.68. The number of amides is 2. The molecule has 1 spiro atoms. The van der Waals surface area contributed by atoms with Gasteiger partial charge in [0, 0.05) is 43.0 Å². The average molecular weight is 517 g/mol. The smallest absolute Gasteiger partial charge is 0.274 e. The third kappa shape index (κ3) is 4.99. The van der Waals surface area contributed by atoms with E-state index in [1.807, 2.05) is 27.8 Å². The fourth-order valence-corrected chi connectivity index (χ4v) is 5.12. The zero-order chi connectivity index (χ0) is 26.9. The first-order chi connectivity index (χ1) is 17.6. The highest BCUT2D eigenvalue weighted by molar-refractivity contribution is 5.99. The van der Waals surface area contributed by atoms with Crippen LogP contribution < -0.4 is 20.8 Å². The Hall–Kier alpha value is -3.27. The van der Waals surface area contributed by atoms with Crippen molar-refractivity contribution in [1.82, 2.24) is 20.1 Å². The Balaban J connectivity index is 1.77. The van der Waals surface area contributed by atoms with Crippen molar-refractivity contribution in [2.75, 3.05) is 20.2 Å². The molecule has 200 valence electrons. The fraction of sp³-hybridized carbons (Fsp3) is 0.519. The Bertz CT molecular complexity index is 1250. The first-order valence-electron chi connectivity index (χ1n) is 12.7. The normalized spacial score (nSPS) is 20.7. The molecule has 1 aliphatic heterocycles. The molecule has 4 rings (SSSR count). The van der Waals surface area contributed by atoms with Crippen LogP contribution in [0.15, 0.2) is 29.2 Å². The van der Waals surface area contributed by atoms with Gasteiger partial charge >= 0.3 is 0 Å². The molecule has 2 N–H and O–H groups in total. The van der Waals surface area contributed by atoms with Gasteiger partial charge in [-0.1, -0.05) is 19.4 Å². The van der Waals surface area contributed by atoms with Gasteiger partial charge in [-0.25, -0.2) is 8.78 Å². The van der Waals surface area contributed by atoms with Crippen LogP contribution in [-0.2, 0) is 12.1 Å². The van der Waals surface area contributed by atoms with Gasteiger partial charge in [-0.15, -0.1) is 0 Å². The standard InChI is InChI=1S/C27H34F2N4O4/c1-5-6-9-37-24-22-26(36)32(16(2)3)15-27(11-19(12-27)30-4)33(22)14-20(23(24)34)25(35)31-13-17-7-8-18(28)10-21(17)29/h7-8,10,14,16,19,30H,5-6,9,11-13,15H2,1-4H3,(H,31,35). The summed E-state index contributed by atoms with van der Waals surface area (Å²) >= 11 is 0. The van der Waals surface area contributed by atoms with Crippen LogP contribution in [0, 0.1) is 11.6 Å². The third-order valence-electron chi connectivity index (χ3n) is 7.33. The van der Waals surface area contributed by atoms with Crippen molar-refractivity contribution in [2.24, 2.45) is 0 Å². The molecule has 0 unspecified atom stereocenters. The van der Waals surface area contributed by atoms with Gasteiger partial charge in [0.1, 0.15) is 17.2 Å². The molecule has 2 heterocycles. The summed E-state index contributed by atoms with van der Waals surface area (Å²) in [5.74, 6) is -2.67. The molecule has 1 fully saturated rings. The Morgan fingerprint density at radius 3 is 2.59 bits per heavy atom. The van der Waals surface area contributed by atoms with Crippen LogP contribution in [0.1, 0.15) is 72.9 Å². The zero-order valence-electron chi connectivity index (χ0n) is 21.7. The highest BCUT2D eigenvalue weighted by Gasteiger charge is 2.52. The van der Waals surface area contributed by atoms with E-state index < -0.39 is 28.5 Å². The van der Waals surface area contributed by atoms with E-state index in [4.69, 9.17) is 4.74 Å². The number of halogens is 2. The van der Waals surface area contributed by atoms with Crippen molar-refractivity contribution in [3.8, 4) is 5.75 Å². The fourth-order valence-electron chi connectivity index (χ4n) is 5.12. The first-order valence-corrected chi connectivity index (χ1v) is 12.7. The van der Waals surface area contributed by atoms with E-state index in [2.05, 4.69) is 10.6 Å². The molecule has 1 aromatic carbocycles. The van der Waals surface area contributed by atoms with Crippen LogP contribution in [0.3, 0.4) is 0 Å². The lowest BCUT2D eigenvalue weighted by molar-refractivity contribution is 0.00915. The van der Waals surface area contributed by atoms with Gasteiger partial charge in [0.2, 0.25) is 5.43 Å². The predicted molar refractivity (Wildman–Crippen MR) is 135 cm³/mol. The molecule has 2 aromatic rings. The summed E-state index contributed by atoms with van der Waals surface area (Å²) in [5.41, 5.74) is -1.11. The van der Waals surface area contributed by atoms with Crippen molar-refractivity contribution < 1.29 is 23.1 Å². The molecule has 37 heavy (non-hydrogen) atoms. The molecule has 1 aromatic heterocycles. The van der Waals surface area contributed by atoms with Crippen LogP contribution in [0.2, 0.25) is 0 Å². The third-order valence-corrected chi connectivity index (χ3v) is 7.33. The summed E-state index contributed by atoms with van der Waals surface area (Å²) in [7, 11) is 1.88. The first kappa shape index (κ1) is 26.8. The molecule has 1 saturated carbocycles. The van der Waals surface area contributed by atoms with Gasteiger partial charge < -0.3 is 24.8 Å². The monoisotopic (exact) mass is 516 g/mol. The van der Waals surface area contributed by atoms with Crippen molar-refractivity contribution in [3.63, 3.8) is 0 Å². The summed E-state index contributed by atoms with van der Waals surface area (Å²) < 4.78 is 35.0. The number of carbonyl (C=O) groups is 2. The number of hydrogen-bond donors (Lipinski definition) is 2. The number of benzene rings is 1. The lowest BCUT2D eigenvalue weighted by Crippen LogP contribution is -2.65. The maximum absolute atomic E-state index is 14.1. The van der Waals surface area contributed by atoms with E-state index in [0.717, 1.165) is 18.6 Å². The van der Waals surface area contributed by atoms with Crippen LogP contribution in [0.25, 0.3) is 0 Å². The van der Waals surface area contributed by atoms with Gasteiger partial charge in [-0.05, 0) is 46.2 Å². The van der Waals surface area contributed by atoms with E-state index in [1.165, 1.54) is 12.3 Å². The van der Waals surface area contributed by atoms with E-state index in [1.54, 1.807) is 9.47 Å². The second-order valence-corrected chi connectivity index (χ2v) is 10.2. The molecule has 2 aliphatic rings. The van der Waals surface area contributed by atoms with Crippen molar-refractivity contribution in [3.05, 3.63) is 63.1 Å². The molecule has 10 heteroatoms. The number of unbranched alkanes of at least 4 members (excludes halogenated alkanes) is 1. The molecular formula is C27H34F2N4O4. The van der Waals surface area contributed by atoms with Gasteiger partial charge in [-0.3, -0.25) is 14.4 Å². The minimum absolute atomic E-state index is 0.0843. The Morgan fingerprint density at radius 2 is 1.97 bits per heavy atom. The number of carbonyl (C=O) groups excluding carboxylic acids is 2. The van der Waals surface area contributed by atoms with Crippen LogP contribution >= 0.6 is 0 Å². The number of hydrogen-bond acceptors (Lipinski definition) is 5. The molecular weight excluding hydrogens is 482 g/mol. The maximum Gasteiger partial charge on any atom is 0.274 e. The minimum atomic E-state index is -0.794. The summed E-state index contributed by atoms with van der Waals surface area (Å²) in [5, 5.41) is 5.82. The van der Waals surface area contributed by atoms with Gasteiger partial charge in [0.15, 0.2) is 11.4 Å². The molecule has 0 atom stereocenters. The van der Waals surface area contributed by atoms with E-state index in [9.17, 15) is 23.2 Å². The Morgan fingerprint density at radius 1 is 1.24 bits per heavy atom. The average Bonchev–Trinajstić information content (AvgIpc) is 2.83. The maximum atomic E-state index is 14.1. The molecule has 0 saturated heterocycles. The van der Waals surface area contributed by atoms with E-state index in [-0.39, 0.29) is 53.7 Å². The second kappa shape index (κ2) is 10.6. The summed E-state index contributed by atoms with van der Waals surface area (Å²) in [6, 6.07) is 3.23. The number of aromatic nitrogens is 1. The number of pyridine rings is 1. The molecule has 2 amide bonds. The van der Waals surface area contributed by atoms with Crippen molar-refractivity contribution >= 4 is 11.8 Å². The number of fused-ring (bicyclic) bond motifs is 2. The summed E-state index contributed by atoms with van der Waals surface area (Å²) in [4.78, 5) is 42.1. The lowest BCUT2D eigenvalue weighted by atomic mass is 9.70. The van der Waals surface area contributed by atoms with Gasteiger partial charge in [0.05, 0.1) is 12.1 Å². The largest absolute Gasteiger partial charge is 0.487 e. The number of ether oxygens (including phenoxy) is 1. The molecule has 1 aliphatic carbocycles. The minimum Gasteiger partial charge on any atom is -0.487 e. The van der Waals surface area contributed by atoms with Crippen LogP contribution in [0.5, 0.6) is 5.75 Å². The Labute approximate surface area is 215 Å². The second-order valence-electron chi connectivity index (χ2n) is 10.2. The lowest BCUT2D eigenvalue weighted by Gasteiger charge is -2.55. The highest BCUT2D eigenvalue weighted by Crippen LogP contribution is 2.45. The van der Waals surface area contributed by atoms with Crippen LogP contribution in [0.4, 0.5) is 8.78 Å². The topological polar surface area (TPSA) is 92.7 Å². The molecule has 8 nitrogen and oxygen atoms in total. The summed E-state index contributed by atoms with van der Waals surface area (Å²) in [6.07, 6.45) is 4.38. The van der Waals surface area contributed by atoms with Crippen molar-refractivity contribution in [2.45, 2.75) is 70.6 Å². The predicted octanol–water partition coefficient (Wildman–Crippen LogP) is 3.18. The molecule has 0 bridgehead atoms. The van der Waals surface area contributed by atoms with E-state index >= 15 is 0 Å². The SMILES string of the molecule is CCCCOc1c2n(cc(C(=O)NCc3ccc(F)cc3F)c1=O)C1(CC(NC)C1)CN(C(C)C)C2=O. The quantitative estimate of drug-likeness (QED) is 0.500. The van der Waals surface area contributed by atoms with Gasteiger partial charge in [-0.2, -0.15) is 0 Å². The number of nitrogens with one attached hydrogen (secondary N) is 2. The highest BCUT2D eigenvalue weighted by atomic mass is 19.1. The summed E-state index contributed by atoms with van der Waals surface area (Å²) in [6.45, 7) is 6.30. The molecule has 0 radical (unpaired) electrons. The van der Waals surface area contributed by atoms with Gasteiger partial charge in [0.25, 0.3) is 11.8 Å². The van der Waals surface area contributed by atoms with E-state index in [0.29, 0.717) is 25.8 Å². The number of rotatable bonds is 9. The zero-order valence-corrected chi connectivity index (χ0v) is 21.7. The van der Waals surface area contributed by atoms with Crippen LogP contribution in [-0.4, -0.2) is 53.6 Å².